The first kappa shape index (κ1) is 18.8. The molecule has 2 heterocycles. The van der Waals surface area contributed by atoms with Gasteiger partial charge in [0.05, 0.1) is 14.6 Å². The van der Waals surface area contributed by atoms with Crippen molar-refractivity contribution in [2.75, 3.05) is 6.26 Å². The van der Waals surface area contributed by atoms with E-state index in [1.165, 1.54) is 55.0 Å². The third kappa shape index (κ3) is 4.22. The van der Waals surface area contributed by atoms with Crippen molar-refractivity contribution in [3.05, 3.63) is 66.5 Å². The van der Waals surface area contributed by atoms with Gasteiger partial charge in [-0.2, -0.15) is 17.5 Å². The van der Waals surface area contributed by atoms with Crippen molar-refractivity contribution < 1.29 is 26.6 Å². The summed E-state index contributed by atoms with van der Waals surface area (Å²) in [5.41, 5.74) is 0.452. The first-order valence-electron chi connectivity index (χ1n) is 7.46. The highest BCUT2D eigenvalue weighted by atomic mass is 32.2. The number of oxazole rings is 1. The summed E-state index contributed by atoms with van der Waals surface area (Å²) in [4.78, 5) is 19.8. The van der Waals surface area contributed by atoms with Gasteiger partial charge in [0.15, 0.2) is 0 Å². The van der Waals surface area contributed by atoms with Crippen LogP contribution in [0.25, 0.3) is 11.3 Å². The largest absolute Gasteiger partial charge is 0.468 e. The molecule has 0 aliphatic carbocycles. The Morgan fingerprint density at radius 3 is 2.30 bits per heavy atom. The second-order valence-corrected chi connectivity index (χ2v) is 7.75. The highest BCUT2D eigenvalue weighted by Crippen LogP contribution is 2.30. The number of nitrogens with zero attached hydrogens (tertiary/aromatic N) is 3. The van der Waals surface area contributed by atoms with Crippen LogP contribution in [0.1, 0.15) is 16.2 Å². The molecule has 27 heavy (non-hydrogen) atoms. The lowest BCUT2D eigenvalue weighted by molar-refractivity contribution is -0.157. The Morgan fingerprint density at radius 1 is 1.11 bits per heavy atom. The van der Waals surface area contributed by atoms with Gasteiger partial charge in [-0.1, -0.05) is 12.1 Å². The lowest BCUT2D eigenvalue weighted by Gasteiger charge is -2.04. The third-order valence-corrected chi connectivity index (χ3v) is 5.18. The fourth-order valence-corrected chi connectivity index (χ4v) is 3.33. The maximum absolute atomic E-state index is 12.6. The number of alkyl halides is 3. The van der Waals surface area contributed by atoms with Crippen LogP contribution in [0.5, 0.6) is 0 Å². The zero-order valence-corrected chi connectivity index (χ0v) is 14.6. The number of rotatable bonds is 3. The van der Waals surface area contributed by atoms with Crippen LogP contribution in [-0.4, -0.2) is 26.3 Å². The number of hydrogen-bond acceptors (Lipinski definition) is 5. The van der Waals surface area contributed by atoms with E-state index < -0.39 is 27.7 Å². The summed E-state index contributed by atoms with van der Waals surface area (Å²) in [6, 6.07) is 8.56. The van der Waals surface area contributed by atoms with Gasteiger partial charge in [-0.3, -0.25) is 9.78 Å². The quantitative estimate of drug-likeness (QED) is 0.668. The third-order valence-electron chi connectivity index (χ3n) is 3.52. The van der Waals surface area contributed by atoms with Crippen molar-refractivity contribution in [2.24, 2.45) is 4.36 Å². The van der Waals surface area contributed by atoms with Gasteiger partial charge >= 0.3 is 12.1 Å². The number of halogens is 3. The predicted molar refractivity (Wildman–Crippen MR) is 90.3 cm³/mol. The van der Waals surface area contributed by atoms with E-state index in [0.717, 1.165) is 6.26 Å². The molecule has 0 saturated carbocycles. The van der Waals surface area contributed by atoms with Crippen LogP contribution in [0.2, 0.25) is 0 Å². The molecule has 2 aromatic heterocycles. The Balaban J connectivity index is 1.85. The molecule has 0 bridgehead atoms. The fourth-order valence-electron chi connectivity index (χ4n) is 2.17. The molecule has 0 radical (unpaired) electrons. The molecule has 140 valence electrons. The molecule has 0 N–H and O–H groups in total. The van der Waals surface area contributed by atoms with Crippen molar-refractivity contribution in [1.29, 1.82) is 0 Å². The Bertz CT molecular complexity index is 1080. The van der Waals surface area contributed by atoms with E-state index in [1.54, 1.807) is 0 Å². The van der Waals surface area contributed by atoms with Crippen LogP contribution < -0.4 is 0 Å². The minimum absolute atomic E-state index is 0.0191. The molecule has 0 spiro atoms. The van der Waals surface area contributed by atoms with Gasteiger partial charge in [0.25, 0.3) is 5.91 Å². The zero-order valence-electron chi connectivity index (χ0n) is 13.8. The van der Waals surface area contributed by atoms with Crippen molar-refractivity contribution in [3.63, 3.8) is 0 Å². The SMILES string of the molecule is CS(=O)(=NC(=O)c1ccc(-c2coc(C(F)(F)F)n2)cc1)c1ccncc1. The molecule has 1 aromatic carbocycles. The number of carbonyl (C=O) groups is 1. The van der Waals surface area contributed by atoms with Gasteiger partial charge in [0, 0.05) is 29.8 Å². The lowest BCUT2D eigenvalue weighted by Crippen LogP contribution is -2.05. The average Bonchev–Trinajstić information content (AvgIpc) is 3.13. The molecule has 10 heteroatoms. The predicted octanol–water partition coefficient (Wildman–Crippen LogP) is 4.05. The Hall–Kier alpha value is -3.01. The summed E-state index contributed by atoms with van der Waals surface area (Å²) in [5.74, 6) is -2.06. The number of benzene rings is 1. The number of carbonyl (C=O) groups excluding carboxylic acids is 1. The van der Waals surface area contributed by atoms with E-state index in [2.05, 4.69) is 18.7 Å². The van der Waals surface area contributed by atoms with E-state index in [9.17, 15) is 22.2 Å². The first-order valence-corrected chi connectivity index (χ1v) is 9.39. The van der Waals surface area contributed by atoms with Gasteiger partial charge < -0.3 is 4.42 Å². The Kier molecular flexibility index (Phi) is 4.83. The lowest BCUT2D eigenvalue weighted by atomic mass is 10.1. The van der Waals surface area contributed by atoms with Crippen LogP contribution in [0.4, 0.5) is 13.2 Å². The average molecular weight is 395 g/mol. The van der Waals surface area contributed by atoms with Gasteiger partial charge in [0.1, 0.15) is 12.0 Å². The van der Waals surface area contributed by atoms with Gasteiger partial charge in [-0.05, 0) is 24.3 Å². The number of amides is 1. The summed E-state index contributed by atoms with van der Waals surface area (Å²) in [6.07, 6.45) is 0.428. The van der Waals surface area contributed by atoms with E-state index in [0.29, 0.717) is 10.5 Å². The minimum atomic E-state index is -4.68. The van der Waals surface area contributed by atoms with E-state index in [1.807, 2.05) is 0 Å². The van der Waals surface area contributed by atoms with Crippen molar-refractivity contribution in [1.82, 2.24) is 9.97 Å². The van der Waals surface area contributed by atoms with E-state index in [-0.39, 0.29) is 11.3 Å². The van der Waals surface area contributed by atoms with E-state index >= 15 is 0 Å². The van der Waals surface area contributed by atoms with Crippen LogP contribution in [-0.2, 0) is 15.9 Å². The molecule has 0 aliphatic heterocycles. The van der Waals surface area contributed by atoms with Crippen molar-refractivity contribution in [3.8, 4) is 11.3 Å². The Morgan fingerprint density at radius 2 is 1.74 bits per heavy atom. The molecular formula is C17H12F3N3O3S. The summed E-state index contributed by atoms with van der Waals surface area (Å²) >= 11 is 0. The standard InChI is InChI=1S/C17H12F3N3O3S/c1-27(25,13-6-8-21-9-7-13)23-15(24)12-4-2-11(3-5-12)14-10-26-16(22-14)17(18,19)20/h2-10H,1H3. The van der Waals surface area contributed by atoms with Crippen LogP contribution in [0, 0.1) is 0 Å². The molecule has 0 aliphatic rings. The maximum atomic E-state index is 12.6. The molecule has 0 saturated heterocycles. The number of aromatic nitrogens is 2. The van der Waals surface area contributed by atoms with Crippen molar-refractivity contribution in [2.45, 2.75) is 11.1 Å². The molecule has 1 unspecified atom stereocenters. The second-order valence-electron chi connectivity index (χ2n) is 5.49. The molecule has 0 fully saturated rings. The highest BCUT2D eigenvalue weighted by Gasteiger charge is 2.37. The molecular weight excluding hydrogens is 383 g/mol. The molecule has 3 aromatic rings. The van der Waals surface area contributed by atoms with Crippen LogP contribution in [0.3, 0.4) is 0 Å². The monoisotopic (exact) mass is 395 g/mol. The smallest absolute Gasteiger partial charge is 0.441 e. The minimum Gasteiger partial charge on any atom is -0.441 e. The number of hydrogen-bond donors (Lipinski definition) is 0. The summed E-state index contributed by atoms with van der Waals surface area (Å²) < 4.78 is 58.4. The second kappa shape index (κ2) is 6.95. The summed E-state index contributed by atoms with van der Waals surface area (Å²) in [7, 11) is -2.95. The van der Waals surface area contributed by atoms with E-state index in [4.69, 9.17) is 0 Å². The molecule has 6 nitrogen and oxygen atoms in total. The normalized spacial score (nSPS) is 13.8. The van der Waals surface area contributed by atoms with Gasteiger partial charge in [0.2, 0.25) is 0 Å². The van der Waals surface area contributed by atoms with Crippen LogP contribution in [0.15, 0.2) is 68.7 Å². The van der Waals surface area contributed by atoms with Crippen LogP contribution >= 0.6 is 0 Å². The van der Waals surface area contributed by atoms with Crippen molar-refractivity contribution >= 4 is 15.6 Å². The fraction of sp³-hybridized carbons (Fsp3) is 0.118. The molecule has 1 amide bonds. The van der Waals surface area contributed by atoms with Gasteiger partial charge in [-0.15, -0.1) is 0 Å². The first-order chi connectivity index (χ1) is 12.7. The Labute approximate surface area is 152 Å². The topological polar surface area (TPSA) is 85.4 Å². The molecule has 3 rings (SSSR count). The zero-order chi connectivity index (χ0) is 19.7. The number of pyridine rings is 1. The maximum Gasteiger partial charge on any atom is 0.468 e. The summed E-state index contributed by atoms with van der Waals surface area (Å²) in [6.45, 7) is 0. The molecule has 1 atom stereocenters. The summed E-state index contributed by atoms with van der Waals surface area (Å²) in [5, 5.41) is 0. The highest BCUT2D eigenvalue weighted by molar-refractivity contribution is 7.93. The van der Waals surface area contributed by atoms with Gasteiger partial charge in [-0.25, -0.2) is 9.19 Å².